The van der Waals surface area contributed by atoms with Gasteiger partial charge in [-0.25, -0.2) is 0 Å². The van der Waals surface area contributed by atoms with Gasteiger partial charge in [-0.05, 0) is 31.5 Å². The van der Waals surface area contributed by atoms with E-state index in [0.29, 0.717) is 6.04 Å². The fraction of sp³-hybridized carbons (Fsp3) is 0.647. The van der Waals surface area contributed by atoms with E-state index in [1.165, 1.54) is 11.3 Å². The second-order valence-corrected chi connectivity index (χ2v) is 6.76. The van der Waals surface area contributed by atoms with Gasteiger partial charge in [0, 0.05) is 31.4 Å². The molecule has 21 heavy (non-hydrogen) atoms. The van der Waals surface area contributed by atoms with Crippen LogP contribution in [0.3, 0.4) is 0 Å². The Balaban J connectivity index is 2.03. The minimum absolute atomic E-state index is 0.0658. The van der Waals surface area contributed by atoms with E-state index in [1.54, 1.807) is 0 Å². The lowest BCUT2D eigenvalue weighted by Gasteiger charge is -2.43. The molecule has 0 saturated carbocycles. The van der Waals surface area contributed by atoms with Gasteiger partial charge in [0.15, 0.2) is 0 Å². The highest BCUT2D eigenvalue weighted by atomic mass is 16.5. The highest BCUT2D eigenvalue weighted by Gasteiger charge is 2.33. The van der Waals surface area contributed by atoms with E-state index in [4.69, 9.17) is 4.74 Å². The SMILES string of the molecule is CC(C)NCc1ccc(N2CC(CO)OC(C)(C)C2)cc1. The molecule has 1 saturated heterocycles. The first-order valence-electron chi connectivity index (χ1n) is 7.75. The normalized spacial score (nSPS) is 21.8. The third-order valence-electron chi connectivity index (χ3n) is 3.70. The molecule has 1 aromatic carbocycles. The van der Waals surface area contributed by atoms with Crippen molar-refractivity contribution in [3.8, 4) is 0 Å². The average molecular weight is 292 g/mol. The summed E-state index contributed by atoms with van der Waals surface area (Å²) in [7, 11) is 0. The van der Waals surface area contributed by atoms with Gasteiger partial charge in [-0.2, -0.15) is 0 Å². The van der Waals surface area contributed by atoms with Gasteiger partial charge in [0.25, 0.3) is 0 Å². The fourth-order valence-corrected chi connectivity index (χ4v) is 2.73. The summed E-state index contributed by atoms with van der Waals surface area (Å²) in [5.41, 5.74) is 2.25. The number of nitrogens with zero attached hydrogens (tertiary/aromatic N) is 1. The third-order valence-corrected chi connectivity index (χ3v) is 3.70. The number of ether oxygens (including phenoxy) is 1. The lowest BCUT2D eigenvalue weighted by molar-refractivity contribution is -0.101. The van der Waals surface area contributed by atoms with E-state index in [2.05, 4.69) is 62.2 Å². The van der Waals surface area contributed by atoms with Crippen molar-refractivity contribution in [3.05, 3.63) is 29.8 Å². The van der Waals surface area contributed by atoms with Crippen molar-refractivity contribution in [2.24, 2.45) is 0 Å². The van der Waals surface area contributed by atoms with E-state index in [9.17, 15) is 5.11 Å². The summed E-state index contributed by atoms with van der Waals surface area (Å²) in [4.78, 5) is 2.30. The number of benzene rings is 1. The van der Waals surface area contributed by atoms with Gasteiger partial charge in [0.05, 0.1) is 18.3 Å². The number of aliphatic hydroxyl groups excluding tert-OH is 1. The van der Waals surface area contributed by atoms with Gasteiger partial charge in [0.1, 0.15) is 0 Å². The molecule has 2 N–H and O–H groups in total. The van der Waals surface area contributed by atoms with Crippen LogP contribution in [0.2, 0.25) is 0 Å². The molecular weight excluding hydrogens is 264 g/mol. The largest absolute Gasteiger partial charge is 0.394 e. The van der Waals surface area contributed by atoms with Crippen molar-refractivity contribution in [1.82, 2.24) is 5.32 Å². The summed E-state index contributed by atoms with van der Waals surface area (Å²) >= 11 is 0. The maximum absolute atomic E-state index is 9.39. The number of hydrogen-bond acceptors (Lipinski definition) is 4. The number of hydrogen-bond donors (Lipinski definition) is 2. The van der Waals surface area contributed by atoms with E-state index in [0.717, 1.165) is 19.6 Å². The zero-order valence-corrected chi connectivity index (χ0v) is 13.6. The molecular formula is C17H28N2O2. The van der Waals surface area contributed by atoms with Crippen molar-refractivity contribution < 1.29 is 9.84 Å². The monoisotopic (exact) mass is 292 g/mol. The van der Waals surface area contributed by atoms with E-state index < -0.39 is 0 Å². The van der Waals surface area contributed by atoms with Gasteiger partial charge >= 0.3 is 0 Å². The summed E-state index contributed by atoms with van der Waals surface area (Å²) in [5, 5.41) is 12.8. The van der Waals surface area contributed by atoms with Crippen molar-refractivity contribution >= 4 is 5.69 Å². The fourth-order valence-electron chi connectivity index (χ4n) is 2.73. The third kappa shape index (κ3) is 4.70. The smallest absolute Gasteiger partial charge is 0.0988 e. The molecule has 1 aliphatic heterocycles. The summed E-state index contributed by atoms with van der Waals surface area (Å²) in [5.74, 6) is 0. The topological polar surface area (TPSA) is 44.7 Å². The number of morpholine rings is 1. The standard InChI is InChI=1S/C17H28N2O2/c1-13(2)18-9-14-5-7-15(8-6-14)19-10-16(11-20)21-17(3,4)12-19/h5-8,13,16,18,20H,9-12H2,1-4H3. The Hall–Kier alpha value is -1.10. The number of nitrogens with one attached hydrogen (secondary N) is 1. The Kier molecular flexibility index (Phi) is 5.25. The molecule has 4 nitrogen and oxygen atoms in total. The maximum atomic E-state index is 9.39. The van der Waals surface area contributed by atoms with Crippen molar-refractivity contribution in [2.75, 3.05) is 24.6 Å². The molecule has 1 atom stereocenters. The molecule has 1 aromatic rings. The number of aliphatic hydroxyl groups is 1. The van der Waals surface area contributed by atoms with Crippen molar-refractivity contribution in [2.45, 2.75) is 52.0 Å². The van der Waals surface area contributed by atoms with Crippen LogP contribution in [0.5, 0.6) is 0 Å². The zero-order chi connectivity index (χ0) is 15.5. The second-order valence-electron chi connectivity index (χ2n) is 6.76. The molecule has 4 heteroatoms. The molecule has 0 spiro atoms. The second kappa shape index (κ2) is 6.77. The van der Waals surface area contributed by atoms with Gasteiger partial charge in [-0.3, -0.25) is 0 Å². The van der Waals surface area contributed by atoms with Crippen LogP contribution in [0.25, 0.3) is 0 Å². The number of rotatable bonds is 5. The number of anilines is 1. The molecule has 1 heterocycles. The predicted octanol–water partition coefficient (Wildman–Crippen LogP) is 2.16. The van der Waals surface area contributed by atoms with Gasteiger partial charge in [0.2, 0.25) is 0 Å². The van der Waals surface area contributed by atoms with Crippen LogP contribution in [0, 0.1) is 0 Å². The molecule has 1 aliphatic rings. The zero-order valence-electron chi connectivity index (χ0n) is 13.6. The Morgan fingerprint density at radius 3 is 2.57 bits per heavy atom. The van der Waals surface area contributed by atoms with Crippen LogP contribution in [0.4, 0.5) is 5.69 Å². The molecule has 2 rings (SSSR count). The Bertz CT molecular complexity index is 443. The van der Waals surface area contributed by atoms with Gasteiger partial charge in [-0.15, -0.1) is 0 Å². The Morgan fingerprint density at radius 2 is 2.00 bits per heavy atom. The van der Waals surface area contributed by atoms with E-state index in [1.807, 2.05) is 0 Å². The molecule has 0 radical (unpaired) electrons. The molecule has 0 aromatic heterocycles. The summed E-state index contributed by atoms with van der Waals surface area (Å²) in [6, 6.07) is 9.15. The quantitative estimate of drug-likeness (QED) is 0.873. The molecule has 0 aliphatic carbocycles. The predicted molar refractivity (Wildman–Crippen MR) is 86.7 cm³/mol. The van der Waals surface area contributed by atoms with Crippen LogP contribution in [0.15, 0.2) is 24.3 Å². The highest BCUT2D eigenvalue weighted by Crippen LogP contribution is 2.26. The van der Waals surface area contributed by atoms with Crippen molar-refractivity contribution in [1.29, 1.82) is 0 Å². The van der Waals surface area contributed by atoms with Crippen LogP contribution in [-0.2, 0) is 11.3 Å². The van der Waals surface area contributed by atoms with Crippen LogP contribution < -0.4 is 10.2 Å². The Morgan fingerprint density at radius 1 is 1.33 bits per heavy atom. The first kappa shape index (κ1) is 16.3. The lowest BCUT2D eigenvalue weighted by Crippen LogP contribution is -2.54. The lowest BCUT2D eigenvalue weighted by atomic mass is 10.0. The summed E-state index contributed by atoms with van der Waals surface area (Å²) < 4.78 is 5.86. The highest BCUT2D eigenvalue weighted by molar-refractivity contribution is 5.48. The van der Waals surface area contributed by atoms with Crippen LogP contribution in [0.1, 0.15) is 33.3 Å². The average Bonchev–Trinajstić information content (AvgIpc) is 2.44. The first-order valence-corrected chi connectivity index (χ1v) is 7.75. The molecule has 118 valence electrons. The minimum atomic E-state index is -0.233. The van der Waals surface area contributed by atoms with Crippen molar-refractivity contribution in [3.63, 3.8) is 0 Å². The molecule has 1 unspecified atom stereocenters. The van der Waals surface area contributed by atoms with Gasteiger partial charge in [-0.1, -0.05) is 26.0 Å². The molecule has 0 amide bonds. The van der Waals surface area contributed by atoms with Crippen LogP contribution in [-0.4, -0.2) is 42.5 Å². The van der Waals surface area contributed by atoms with Crippen LogP contribution >= 0.6 is 0 Å². The first-order chi connectivity index (χ1) is 9.89. The summed E-state index contributed by atoms with van der Waals surface area (Å²) in [6.45, 7) is 11.0. The molecule has 1 fully saturated rings. The molecule has 0 bridgehead atoms. The van der Waals surface area contributed by atoms with Gasteiger partial charge < -0.3 is 20.1 Å². The van der Waals surface area contributed by atoms with E-state index in [-0.39, 0.29) is 18.3 Å². The maximum Gasteiger partial charge on any atom is 0.0988 e. The van der Waals surface area contributed by atoms with E-state index >= 15 is 0 Å². The Labute approximate surface area is 128 Å². The minimum Gasteiger partial charge on any atom is -0.394 e. The summed E-state index contributed by atoms with van der Waals surface area (Å²) in [6.07, 6.45) is -0.115.